The number of fused-ring (bicyclic) bond motifs is 4. The Morgan fingerprint density at radius 3 is 2.26 bits per heavy atom. The van der Waals surface area contributed by atoms with Crippen molar-refractivity contribution in [3.8, 4) is 28.3 Å². The summed E-state index contributed by atoms with van der Waals surface area (Å²) in [7, 11) is 0. The Labute approximate surface area is 290 Å². The molecule has 0 fully saturated rings. The van der Waals surface area contributed by atoms with E-state index in [0.717, 1.165) is 63.1 Å². The number of allylic oxidation sites excluding steroid dienone is 1. The maximum absolute atomic E-state index is 6.41. The molecular formula is C42H37IrN3O-2. The van der Waals surface area contributed by atoms with Crippen LogP contribution in [-0.4, -0.2) is 14.5 Å². The van der Waals surface area contributed by atoms with Gasteiger partial charge in [0.1, 0.15) is 5.58 Å². The number of hydrogen-bond donors (Lipinski definition) is 0. The fourth-order valence-corrected chi connectivity index (χ4v) is 6.37. The van der Waals surface area contributed by atoms with E-state index in [-0.39, 0.29) is 20.1 Å². The van der Waals surface area contributed by atoms with Gasteiger partial charge in [-0.3, -0.25) is 4.98 Å². The number of nitrogens with zero attached hydrogens (tertiary/aromatic N) is 3. The minimum absolute atomic E-state index is 0. The van der Waals surface area contributed by atoms with E-state index in [2.05, 4.69) is 97.9 Å². The zero-order chi connectivity index (χ0) is 31.6. The van der Waals surface area contributed by atoms with Crippen LogP contribution in [0.1, 0.15) is 68.5 Å². The van der Waals surface area contributed by atoms with Gasteiger partial charge < -0.3 is 14.0 Å². The van der Waals surface area contributed by atoms with Gasteiger partial charge in [0.2, 0.25) is 0 Å². The largest absolute Gasteiger partial charge is 0.501 e. The second kappa shape index (κ2) is 14.0. The molecule has 0 saturated carbocycles. The minimum atomic E-state index is 0. The van der Waals surface area contributed by atoms with Crippen LogP contribution >= 0.6 is 0 Å². The van der Waals surface area contributed by atoms with Gasteiger partial charge >= 0.3 is 0 Å². The second-order valence-electron chi connectivity index (χ2n) is 12.3. The number of imidazole rings is 1. The normalized spacial score (nSPS) is 12.2. The van der Waals surface area contributed by atoms with Gasteiger partial charge in [-0.2, -0.15) is 0 Å². The molecule has 0 amide bonds. The number of para-hydroxylation sites is 2. The standard InChI is InChI=1S/C31H29N2O.C11H8N.Ir/c1-19(2)21-12-9-13-22(20(3)4)29(21)33-27-17-7-6-16-26(27)32-31(33)25-15-10-14-24-23-11-5-8-18-28(23)34-30(24)25;1-2-6-10(7-3-1)11-8-4-5-9-12-11;/h5-6,8-14,16,18-20H,7,17H2,1-4H3;1-6,8-9H;/q2*-1;. The van der Waals surface area contributed by atoms with Crippen molar-refractivity contribution < 1.29 is 24.5 Å². The molecule has 4 nitrogen and oxygen atoms in total. The first-order valence-electron chi connectivity index (χ1n) is 16.1. The monoisotopic (exact) mass is 792 g/mol. The van der Waals surface area contributed by atoms with Gasteiger partial charge in [0.05, 0.1) is 17.1 Å². The van der Waals surface area contributed by atoms with Crippen LogP contribution in [0.5, 0.6) is 0 Å². The molecule has 1 radical (unpaired) electrons. The molecule has 0 unspecified atom stereocenters. The molecule has 0 aliphatic heterocycles. The number of aromatic nitrogens is 3. The van der Waals surface area contributed by atoms with Crippen LogP contribution in [0.25, 0.3) is 56.3 Å². The van der Waals surface area contributed by atoms with Gasteiger partial charge in [-0.1, -0.05) is 93.3 Å². The maximum atomic E-state index is 6.41. The van der Waals surface area contributed by atoms with Gasteiger partial charge in [0.15, 0.2) is 0 Å². The molecule has 5 heteroatoms. The van der Waals surface area contributed by atoms with Crippen molar-refractivity contribution in [2.45, 2.75) is 52.4 Å². The number of rotatable bonds is 5. The molecule has 47 heavy (non-hydrogen) atoms. The predicted octanol–water partition coefficient (Wildman–Crippen LogP) is 11.0. The molecule has 1 aliphatic carbocycles. The fourth-order valence-electron chi connectivity index (χ4n) is 6.37. The summed E-state index contributed by atoms with van der Waals surface area (Å²) in [6, 6.07) is 39.4. The van der Waals surface area contributed by atoms with E-state index in [1.807, 2.05) is 60.7 Å². The van der Waals surface area contributed by atoms with Gasteiger partial charge in [-0.25, -0.2) is 0 Å². The summed E-state index contributed by atoms with van der Waals surface area (Å²) in [5.41, 5.74) is 11.0. The number of benzene rings is 4. The third-order valence-corrected chi connectivity index (χ3v) is 8.61. The van der Waals surface area contributed by atoms with E-state index in [9.17, 15) is 0 Å². The summed E-state index contributed by atoms with van der Waals surface area (Å²) in [5, 5.41) is 2.23. The average Bonchev–Trinajstić information content (AvgIpc) is 3.68. The van der Waals surface area contributed by atoms with Gasteiger partial charge in [-0.15, -0.1) is 54.1 Å². The molecule has 0 spiro atoms. The van der Waals surface area contributed by atoms with Crippen LogP contribution in [-0.2, 0) is 26.5 Å². The molecule has 0 bridgehead atoms. The van der Waals surface area contributed by atoms with E-state index in [0.29, 0.717) is 11.8 Å². The van der Waals surface area contributed by atoms with E-state index >= 15 is 0 Å². The summed E-state index contributed by atoms with van der Waals surface area (Å²) in [6.45, 7) is 9.10. The molecule has 4 aromatic carbocycles. The van der Waals surface area contributed by atoms with Crippen molar-refractivity contribution in [3.05, 3.63) is 144 Å². The summed E-state index contributed by atoms with van der Waals surface area (Å²) in [5.74, 6) is 1.70. The van der Waals surface area contributed by atoms with Gasteiger partial charge in [0.25, 0.3) is 0 Å². The summed E-state index contributed by atoms with van der Waals surface area (Å²) in [6.07, 6.45) is 8.18. The molecule has 7 aromatic rings. The number of hydrogen-bond acceptors (Lipinski definition) is 3. The van der Waals surface area contributed by atoms with Crippen LogP contribution in [0.3, 0.4) is 0 Å². The van der Waals surface area contributed by atoms with Crippen LogP contribution in [0.15, 0.2) is 114 Å². The molecule has 237 valence electrons. The second-order valence-corrected chi connectivity index (χ2v) is 12.3. The van der Waals surface area contributed by atoms with Gasteiger partial charge in [0, 0.05) is 43.1 Å². The van der Waals surface area contributed by atoms with Crippen molar-refractivity contribution >= 4 is 28.0 Å². The first-order chi connectivity index (χ1) is 22.5. The molecule has 0 N–H and O–H groups in total. The molecule has 3 heterocycles. The number of pyridine rings is 1. The third-order valence-electron chi connectivity index (χ3n) is 8.61. The van der Waals surface area contributed by atoms with E-state index in [4.69, 9.17) is 9.40 Å². The Bertz CT molecular complexity index is 2090. The summed E-state index contributed by atoms with van der Waals surface area (Å²) in [4.78, 5) is 9.42. The van der Waals surface area contributed by atoms with Crippen molar-refractivity contribution in [3.63, 3.8) is 0 Å². The fraction of sp³-hybridized carbons (Fsp3) is 0.190. The predicted molar refractivity (Wildman–Crippen MR) is 189 cm³/mol. The molecular weight excluding hydrogens is 755 g/mol. The van der Waals surface area contributed by atoms with Crippen LogP contribution in [0, 0.1) is 12.1 Å². The first-order valence-corrected chi connectivity index (χ1v) is 16.1. The van der Waals surface area contributed by atoms with E-state index < -0.39 is 0 Å². The molecule has 0 atom stereocenters. The quantitative estimate of drug-likeness (QED) is 0.163. The Morgan fingerprint density at radius 1 is 0.766 bits per heavy atom. The first kappa shape index (κ1) is 32.4. The molecule has 1 aliphatic rings. The van der Waals surface area contributed by atoms with Gasteiger partial charge in [-0.05, 0) is 59.7 Å². The van der Waals surface area contributed by atoms with Crippen molar-refractivity contribution in [2.24, 2.45) is 0 Å². The van der Waals surface area contributed by atoms with Crippen molar-refractivity contribution in [1.82, 2.24) is 14.5 Å². The maximum Gasteiger partial charge on any atom is 0.120 e. The zero-order valence-electron chi connectivity index (χ0n) is 27.1. The SMILES string of the molecule is CC(C)c1cccc(C(C)C)c1-n1c(-c2[c-]ccc3c2oc2ccccc23)nc2c1CCC=C2.[Ir].[c-]1ccccc1-c1ccccn1. The molecule has 8 rings (SSSR count). The Kier molecular flexibility index (Phi) is 9.68. The molecule has 0 saturated heterocycles. The smallest absolute Gasteiger partial charge is 0.120 e. The summed E-state index contributed by atoms with van der Waals surface area (Å²) >= 11 is 0. The number of furan rings is 1. The van der Waals surface area contributed by atoms with Crippen LogP contribution < -0.4 is 0 Å². The zero-order valence-corrected chi connectivity index (χ0v) is 29.5. The van der Waals surface area contributed by atoms with Crippen LogP contribution in [0.4, 0.5) is 0 Å². The summed E-state index contributed by atoms with van der Waals surface area (Å²) < 4.78 is 8.83. The molecule has 3 aromatic heterocycles. The van der Waals surface area contributed by atoms with Crippen molar-refractivity contribution in [1.29, 1.82) is 0 Å². The third kappa shape index (κ3) is 6.26. The van der Waals surface area contributed by atoms with Crippen LogP contribution in [0.2, 0.25) is 0 Å². The minimum Gasteiger partial charge on any atom is -0.501 e. The topological polar surface area (TPSA) is 43.9 Å². The Balaban J connectivity index is 0.000000250. The average molecular weight is 792 g/mol. The Morgan fingerprint density at radius 2 is 1.53 bits per heavy atom. The van der Waals surface area contributed by atoms with Crippen molar-refractivity contribution in [2.75, 3.05) is 0 Å². The van der Waals surface area contributed by atoms with E-state index in [1.54, 1.807) is 6.20 Å². The van der Waals surface area contributed by atoms with E-state index in [1.165, 1.54) is 22.5 Å². The Hall–Kier alpha value is -4.57.